The Kier molecular flexibility index (Phi) is 5.64. The smallest absolute Gasteiger partial charge is 0.118 e. The quantitative estimate of drug-likeness (QED) is 0.869. The normalized spacial score (nSPS) is 20.8. The van der Waals surface area contributed by atoms with Crippen molar-refractivity contribution >= 4 is 0 Å². The molecule has 0 aliphatic carbocycles. The van der Waals surface area contributed by atoms with Gasteiger partial charge in [0.1, 0.15) is 11.5 Å². The third kappa shape index (κ3) is 4.33. The SMILES string of the molecule is Cc1oc(CNCC(C)C)cc1CN1CCOCC1C. The summed E-state index contributed by atoms with van der Waals surface area (Å²) in [7, 11) is 0. The second-order valence-electron chi connectivity index (χ2n) is 6.21. The molecule has 2 rings (SSSR count). The zero-order valence-electron chi connectivity index (χ0n) is 13.2. The van der Waals surface area contributed by atoms with E-state index in [9.17, 15) is 0 Å². The predicted octanol–water partition coefficient (Wildman–Crippen LogP) is 2.55. The molecule has 1 aliphatic rings. The van der Waals surface area contributed by atoms with Gasteiger partial charge in [0.05, 0.1) is 19.8 Å². The first-order valence-corrected chi connectivity index (χ1v) is 7.67. The number of morpholine rings is 1. The van der Waals surface area contributed by atoms with Crippen molar-refractivity contribution in [3.8, 4) is 0 Å². The summed E-state index contributed by atoms with van der Waals surface area (Å²) in [5, 5.41) is 3.43. The fourth-order valence-electron chi connectivity index (χ4n) is 2.53. The minimum atomic E-state index is 0.487. The number of aryl methyl sites for hydroxylation is 1. The summed E-state index contributed by atoms with van der Waals surface area (Å²) in [5.41, 5.74) is 1.31. The highest BCUT2D eigenvalue weighted by atomic mass is 16.5. The molecule has 1 aromatic heterocycles. The molecule has 0 amide bonds. The van der Waals surface area contributed by atoms with Gasteiger partial charge in [-0.3, -0.25) is 4.90 Å². The summed E-state index contributed by atoms with van der Waals surface area (Å²) in [6.07, 6.45) is 0. The molecule has 114 valence electrons. The zero-order chi connectivity index (χ0) is 14.5. The van der Waals surface area contributed by atoms with Crippen molar-refractivity contribution in [2.24, 2.45) is 5.92 Å². The number of hydrogen-bond acceptors (Lipinski definition) is 4. The van der Waals surface area contributed by atoms with Crippen LogP contribution in [0.5, 0.6) is 0 Å². The maximum atomic E-state index is 5.85. The molecule has 0 spiro atoms. The molecular weight excluding hydrogens is 252 g/mol. The molecule has 1 N–H and O–H groups in total. The Labute approximate surface area is 122 Å². The van der Waals surface area contributed by atoms with E-state index in [1.54, 1.807) is 0 Å². The molecule has 4 heteroatoms. The topological polar surface area (TPSA) is 37.6 Å². The number of rotatable bonds is 6. The Morgan fingerprint density at radius 3 is 2.95 bits per heavy atom. The van der Waals surface area contributed by atoms with Gasteiger partial charge in [0.2, 0.25) is 0 Å². The van der Waals surface area contributed by atoms with E-state index in [4.69, 9.17) is 9.15 Å². The van der Waals surface area contributed by atoms with Gasteiger partial charge in [-0.1, -0.05) is 13.8 Å². The average molecular weight is 280 g/mol. The van der Waals surface area contributed by atoms with Crippen molar-refractivity contribution < 1.29 is 9.15 Å². The van der Waals surface area contributed by atoms with Crippen LogP contribution in [0.4, 0.5) is 0 Å². The molecular formula is C16H28N2O2. The molecule has 1 unspecified atom stereocenters. The third-order valence-corrected chi connectivity index (χ3v) is 3.80. The van der Waals surface area contributed by atoms with Gasteiger partial charge >= 0.3 is 0 Å². The van der Waals surface area contributed by atoms with Gasteiger partial charge in [-0.25, -0.2) is 0 Å². The van der Waals surface area contributed by atoms with E-state index in [2.05, 4.69) is 44.0 Å². The van der Waals surface area contributed by atoms with Crippen LogP contribution in [0.15, 0.2) is 10.5 Å². The van der Waals surface area contributed by atoms with E-state index < -0.39 is 0 Å². The first-order chi connectivity index (χ1) is 9.56. The van der Waals surface area contributed by atoms with Gasteiger partial charge in [0, 0.05) is 24.7 Å². The van der Waals surface area contributed by atoms with Crippen molar-refractivity contribution in [1.29, 1.82) is 0 Å². The Hall–Kier alpha value is -0.840. The highest BCUT2D eigenvalue weighted by molar-refractivity contribution is 5.21. The second kappa shape index (κ2) is 7.25. The van der Waals surface area contributed by atoms with Crippen molar-refractivity contribution in [3.63, 3.8) is 0 Å². The fraction of sp³-hybridized carbons (Fsp3) is 0.750. The lowest BCUT2D eigenvalue weighted by Gasteiger charge is -2.32. The number of hydrogen-bond donors (Lipinski definition) is 1. The van der Waals surface area contributed by atoms with E-state index in [0.717, 1.165) is 50.9 Å². The lowest BCUT2D eigenvalue weighted by atomic mass is 10.2. The van der Waals surface area contributed by atoms with Crippen LogP contribution in [-0.4, -0.2) is 37.2 Å². The minimum absolute atomic E-state index is 0.487. The second-order valence-corrected chi connectivity index (χ2v) is 6.21. The van der Waals surface area contributed by atoms with Gasteiger partial charge < -0.3 is 14.5 Å². The van der Waals surface area contributed by atoms with Gasteiger partial charge in [-0.15, -0.1) is 0 Å². The zero-order valence-corrected chi connectivity index (χ0v) is 13.2. The summed E-state index contributed by atoms with van der Waals surface area (Å²) in [6, 6.07) is 2.69. The van der Waals surface area contributed by atoms with Crippen LogP contribution in [0.2, 0.25) is 0 Å². The third-order valence-electron chi connectivity index (χ3n) is 3.80. The maximum Gasteiger partial charge on any atom is 0.118 e. The van der Waals surface area contributed by atoms with E-state index in [-0.39, 0.29) is 0 Å². The molecule has 2 heterocycles. The predicted molar refractivity (Wildman–Crippen MR) is 80.7 cm³/mol. The first-order valence-electron chi connectivity index (χ1n) is 7.67. The number of furan rings is 1. The number of ether oxygens (including phenoxy) is 1. The van der Waals surface area contributed by atoms with Crippen molar-refractivity contribution in [1.82, 2.24) is 10.2 Å². The van der Waals surface area contributed by atoms with E-state index in [0.29, 0.717) is 12.0 Å². The summed E-state index contributed by atoms with van der Waals surface area (Å²) in [4.78, 5) is 2.46. The van der Waals surface area contributed by atoms with Crippen molar-refractivity contribution in [3.05, 3.63) is 23.2 Å². The average Bonchev–Trinajstić information content (AvgIpc) is 2.72. The highest BCUT2D eigenvalue weighted by Gasteiger charge is 2.20. The molecule has 0 saturated carbocycles. The monoisotopic (exact) mass is 280 g/mol. The van der Waals surface area contributed by atoms with Crippen LogP contribution < -0.4 is 5.32 Å². The number of nitrogens with one attached hydrogen (secondary N) is 1. The van der Waals surface area contributed by atoms with Crippen LogP contribution >= 0.6 is 0 Å². The van der Waals surface area contributed by atoms with Crippen molar-refractivity contribution in [2.75, 3.05) is 26.3 Å². The van der Waals surface area contributed by atoms with Gasteiger partial charge in [0.25, 0.3) is 0 Å². The molecule has 0 radical (unpaired) electrons. The Balaban J connectivity index is 1.89. The molecule has 1 aliphatic heterocycles. The highest BCUT2D eigenvalue weighted by Crippen LogP contribution is 2.19. The Bertz CT molecular complexity index is 415. The van der Waals surface area contributed by atoms with Gasteiger partial charge in [-0.2, -0.15) is 0 Å². The Morgan fingerprint density at radius 2 is 2.25 bits per heavy atom. The van der Waals surface area contributed by atoms with Crippen LogP contribution in [-0.2, 0) is 17.8 Å². The van der Waals surface area contributed by atoms with Crippen molar-refractivity contribution in [2.45, 2.75) is 46.8 Å². The maximum absolute atomic E-state index is 5.85. The van der Waals surface area contributed by atoms with Crippen LogP contribution in [0.25, 0.3) is 0 Å². The molecule has 1 fully saturated rings. The van der Waals surface area contributed by atoms with E-state index in [1.807, 2.05) is 0 Å². The standard InChI is InChI=1S/C16H28N2O2/c1-12(2)8-17-9-16-7-15(14(4)20-16)10-18-5-6-19-11-13(18)3/h7,12-13,17H,5-6,8-11H2,1-4H3. The molecule has 1 aromatic rings. The van der Waals surface area contributed by atoms with E-state index in [1.165, 1.54) is 5.56 Å². The number of nitrogens with zero attached hydrogens (tertiary/aromatic N) is 1. The molecule has 0 bridgehead atoms. The lowest BCUT2D eigenvalue weighted by molar-refractivity contribution is -0.00454. The lowest BCUT2D eigenvalue weighted by Crippen LogP contribution is -2.42. The molecule has 1 atom stereocenters. The largest absolute Gasteiger partial charge is 0.465 e. The molecule has 0 aromatic carbocycles. The summed E-state index contributed by atoms with van der Waals surface area (Å²) >= 11 is 0. The fourth-order valence-corrected chi connectivity index (χ4v) is 2.53. The van der Waals surface area contributed by atoms with Crippen LogP contribution in [0.1, 0.15) is 37.9 Å². The van der Waals surface area contributed by atoms with Gasteiger partial charge in [-0.05, 0) is 32.4 Å². The van der Waals surface area contributed by atoms with Gasteiger partial charge in [0.15, 0.2) is 0 Å². The summed E-state index contributed by atoms with van der Waals surface area (Å²) in [5.74, 6) is 2.75. The first kappa shape index (κ1) is 15.5. The molecule has 1 saturated heterocycles. The summed E-state index contributed by atoms with van der Waals surface area (Å²) < 4.78 is 11.3. The minimum Gasteiger partial charge on any atom is -0.465 e. The molecule has 4 nitrogen and oxygen atoms in total. The van der Waals surface area contributed by atoms with Crippen LogP contribution in [0.3, 0.4) is 0 Å². The Morgan fingerprint density at radius 1 is 1.45 bits per heavy atom. The van der Waals surface area contributed by atoms with Crippen LogP contribution in [0, 0.1) is 12.8 Å². The molecule has 20 heavy (non-hydrogen) atoms. The van der Waals surface area contributed by atoms with E-state index >= 15 is 0 Å². The summed E-state index contributed by atoms with van der Waals surface area (Å²) in [6.45, 7) is 14.2.